The molecule has 2 aliphatic rings. The molecule has 4 nitrogen and oxygen atoms in total. The van der Waals surface area contributed by atoms with Crippen LogP contribution in [-0.2, 0) is 10.8 Å². The molecule has 0 spiro atoms. The van der Waals surface area contributed by atoms with E-state index in [1.165, 1.54) is 76.8 Å². The van der Waals surface area contributed by atoms with Crippen molar-refractivity contribution in [3.63, 3.8) is 0 Å². The first kappa shape index (κ1) is 23.9. The highest BCUT2D eigenvalue weighted by Gasteiger charge is 2.40. The summed E-state index contributed by atoms with van der Waals surface area (Å²) in [6.45, 7) is 18.6. The van der Waals surface area contributed by atoms with Crippen molar-refractivity contribution in [2.45, 2.75) is 78.1 Å². The van der Waals surface area contributed by atoms with Crippen LogP contribution >= 0.6 is 0 Å². The average Bonchev–Trinajstić information content (AvgIpc) is 2.93. The summed E-state index contributed by atoms with van der Waals surface area (Å²) >= 11 is 0. The zero-order valence-corrected chi connectivity index (χ0v) is 24.6. The van der Waals surface area contributed by atoms with Gasteiger partial charge in [-0.2, -0.15) is 0 Å². The van der Waals surface area contributed by atoms with E-state index in [1.807, 2.05) is 12.4 Å². The molecule has 0 bridgehead atoms. The lowest BCUT2D eigenvalue weighted by molar-refractivity contribution is 0.636. The lowest BCUT2D eigenvalue weighted by Gasteiger charge is -2.39. The van der Waals surface area contributed by atoms with Crippen molar-refractivity contribution in [1.82, 2.24) is 19.9 Å². The number of benzene rings is 4. The second-order valence-electron chi connectivity index (χ2n) is 13.6. The molecule has 2 aliphatic carbocycles. The third kappa shape index (κ3) is 2.67. The van der Waals surface area contributed by atoms with Gasteiger partial charge in [-0.1, -0.05) is 55.4 Å². The van der Waals surface area contributed by atoms with Gasteiger partial charge in [0.15, 0.2) is 0 Å². The zero-order chi connectivity index (χ0) is 27.9. The number of hydrogen-bond donors (Lipinski definition) is 0. The Kier molecular flexibility index (Phi) is 4.44. The summed E-state index contributed by atoms with van der Waals surface area (Å²) in [7, 11) is 0. The Morgan fingerprint density at radius 3 is 1.30 bits per heavy atom. The summed E-state index contributed by atoms with van der Waals surface area (Å²) in [5, 5.41) is 8.23. The van der Waals surface area contributed by atoms with Crippen LogP contribution in [0.15, 0.2) is 49.3 Å². The molecule has 0 atom stereocenters. The van der Waals surface area contributed by atoms with E-state index >= 15 is 0 Å². The Bertz CT molecular complexity index is 1910. The maximum Gasteiger partial charge on any atom is 0.116 e. The van der Waals surface area contributed by atoms with Crippen LogP contribution in [0.5, 0.6) is 0 Å². The first-order valence-corrected chi connectivity index (χ1v) is 14.5. The van der Waals surface area contributed by atoms with Gasteiger partial charge in [0.25, 0.3) is 0 Å². The molecule has 40 heavy (non-hydrogen) atoms. The fourth-order valence-electron chi connectivity index (χ4n) is 7.87. The second kappa shape index (κ2) is 7.42. The van der Waals surface area contributed by atoms with E-state index in [9.17, 15) is 0 Å². The van der Waals surface area contributed by atoms with Gasteiger partial charge in [-0.05, 0) is 90.7 Å². The quantitative estimate of drug-likeness (QED) is 0.213. The van der Waals surface area contributed by atoms with E-state index < -0.39 is 0 Å². The lowest BCUT2D eigenvalue weighted by atomic mass is 9.64. The molecule has 4 aromatic carbocycles. The highest BCUT2D eigenvalue weighted by molar-refractivity contribution is 6.31. The van der Waals surface area contributed by atoms with Gasteiger partial charge in [0.2, 0.25) is 0 Å². The molecule has 2 heterocycles. The highest BCUT2D eigenvalue weighted by Crippen LogP contribution is 2.57. The van der Waals surface area contributed by atoms with Crippen molar-refractivity contribution >= 4 is 32.3 Å². The summed E-state index contributed by atoms with van der Waals surface area (Å²) in [4.78, 5) is 18.8. The molecular weight excluding hydrogens is 488 g/mol. The summed E-state index contributed by atoms with van der Waals surface area (Å²) in [5.74, 6) is 0.728. The van der Waals surface area contributed by atoms with Gasteiger partial charge >= 0.3 is 0 Å². The summed E-state index contributed by atoms with van der Waals surface area (Å²) in [5.41, 5.74) is 12.1. The van der Waals surface area contributed by atoms with Gasteiger partial charge in [0.1, 0.15) is 12.7 Å². The molecule has 198 valence electrons. The van der Waals surface area contributed by atoms with Crippen molar-refractivity contribution < 1.29 is 0 Å². The van der Waals surface area contributed by atoms with E-state index in [-0.39, 0.29) is 10.8 Å². The standard InChI is InChI=1S/C36H34N4/c1-17(2)19-9-23-29-26(36(7,8)27-13-37-15-39-33(23)27)12-22-20(18(3)4)10-24-30-25(11-21(19)31(29)32(22)30)35(5,6)28-14-38-16-40-34(24)28/h9-18H,1-8H3. The van der Waals surface area contributed by atoms with Crippen LogP contribution in [0.2, 0.25) is 0 Å². The second-order valence-corrected chi connectivity index (χ2v) is 13.6. The monoisotopic (exact) mass is 522 g/mol. The third-order valence-electron chi connectivity index (χ3n) is 10.0. The van der Waals surface area contributed by atoms with Gasteiger partial charge in [0, 0.05) is 45.5 Å². The van der Waals surface area contributed by atoms with E-state index in [0.29, 0.717) is 11.8 Å². The zero-order valence-electron chi connectivity index (χ0n) is 24.6. The molecule has 0 amide bonds. The van der Waals surface area contributed by atoms with Crippen LogP contribution in [0.1, 0.15) is 101 Å². The maximum atomic E-state index is 4.90. The molecule has 0 radical (unpaired) electrons. The third-order valence-corrected chi connectivity index (χ3v) is 10.0. The topological polar surface area (TPSA) is 51.6 Å². The van der Waals surface area contributed by atoms with Crippen LogP contribution in [0, 0.1) is 0 Å². The molecule has 0 saturated carbocycles. The number of aromatic nitrogens is 4. The Morgan fingerprint density at radius 1 is 0.525 bits per heavy atom. The smallest absolute Gasteiger partial charge is 0.116 e. The van der Waals surface area contributed by atoms with Gasteiger partial charge in [-0.15, -0.1) is 0 Å². The summed E-state index contributed by atoms with van der Waals surface area (Å²) < 4.78 is 0. The fourth-order valence-corrected chi connectivity index (χ4v) is 7.87. The highest BCUT2D eigenvalue weighted by atomic mass is 14.8. The molecule has 0 saturated heterocycles. The maximum absolute atomic E-state index is 4.90. The fraction of sp³-hybridized carbons (Fsp3) is 0.333. The number of fused-ring (bicyclic) bond motifs is 4. The Balaban J connectivity index is 1.73. The number of rotatable bonds is 2. The van der Waals surface area contributed by atoms with Crippen molar-refractivity contribution in [1.29, 1.82) is 0 Å². The van der Waals surface area contributed by atoms with Crippen LogP contribution in [-0.4, -0.2) is 19.9 Å². The van der Waals surface area contributed by atoms with Gasteiger partial charge in [-0.25, -0.2) is 19.9 Å². The minimum atomic E-state index is -0.221. The van der Waals surface area contributed by atoms with Crippen LogP contribution in [0.25, 0.3) is 54.8 Å². The Morgan fingerprint density at radius 2 is 0.925 bits per heavy atom. The molecule has 2 aromatic heterocycles. The summed E-state index contributed by atoms with van der Waals surface area (Å²) in [6, 6.07) is 9.88. The van der Waals surface area contributed by atoms with Crippen molar-refractivity contribution in [3.8, 4) is 22.5 Å². The minimum Gasteiger partial charge on any atom is -0.244 e. The van der Waals surface area contributed by atoms with E-state index in [2.05, 4.69) is 89.6 Å². The Hall–Kier alpha value is -3.92. The average molecular weight is 523 g/mol. The van der Waals surface area contributed by atoms with E-state index in [1.54, 1.807) is 12.7 Å². The molecule has 0 N–H and O–H groups in total. The van der Waals surface area contributed by atoms with Crippen molar-refractivity contribution in [2.24, 2.45) is 0 Å². The van der Waals surface area contributed by atoms with Crippen molar-refractivity contribution in [2.75, 3.05) is 0 Å². The van der Waals surface area contributed by atoms with Crippen LogP contribution in [0.4, 0.5) is 0 Å². The molecule has 6 aromatic rings. The SMILES string of the molecule is CC(C)c1cc2c3c(cc4c(C(C)C)cc5c6c(cc1c3c46)C(C)(C)c1cncnc1-5)C(C)(C)c1cncnc1-2. The van der Waals surface area contributed by atoms with E-state index in [0.717, 1.165) is 11.4 Å². The van der Waals surface area contributed by atoms with Crippen LogP contribution in [0.3, 0.4) is 0 Å². The normalized spacial score (nSPS) is 16.4. The van der Waals surface area contributed by atoms with Gasteiger partial charge in [0.05, 0.1) is 11.4 Å². The molecule has 0 aliphatic heterocycles. The first-order chi connectivity index (χ1) is 19.0. The first-order valence-electron chi connectivity index (χ1n) is 14.5. The Labute approximate surface area is 235 Å². The molecule has 0 fully saturated rings. The lowest BCUT2D eigenvalue weighted by Crippen LogP contribution is -2.27. The summed E-state index contributed by atoms with van der Waals surface area (Å²) in [6.07, 6.45) is 7.47. The number of nitrogens with zero attached hydrogens (tertiary/aromatic N) is 4. The predicted molar refractivity (Wildman–Crippen MR) is 165 cm³/mol. The molecule has 4 heteroatoms. The predicted octanol–water partition coefficient (Wildman–Crippen LogP) is 9.02. The molecule has 0 unspecified atom stereocenters. The largest absolute Gasteiger partial charge is 0.244 e. The van der Waals surface area contributed by atoms with Gasteiger partial charge < -0.3 is 0 Å². The molecular formula is C36H34N4. The van der Waals surface area contributed by atoms with E-state index in [4.69, 9.17) is 9.97 Å². The number of hydrogen-bond acceptors (Lipinski definition) is 4. The van der Waals surface area contributed by atoms with Crippen LogP contribution < -0.4 is 0 Å². The molecule has 8 rings (SSSR count). The van der Waals surface area contributed by atoms with Gasteiger partial charge in [-0.3, -0.25) is 0 Å². The minimum absolute atomic E-state index is 0.221. The van der Waals surface area contributed by atoms with Crippen molar-refractivity contribution in [3.05, 3.63) is 82.7 Å².